The van der Waals surface area contributed by atoms with Crippen molar-refractivity contribution in [2.45, 2.75) is 6.04 Å². The van der Waals surface area contributed by atoms with Crippen LogP contribution < -0.4 is 19.5 Å². The summed E-state index contributed by atoms with van der Waals surface area (Å²) in [5, 5.41) is 12.6. The molecular weight excluding hydrogens is 270 g/mol. The van der Waals surface area contributed by atoms with Crippen molar-refractivity contribution in [3.8, 4) is 23.3 Å². The summed E-state index contributed by atoms with van der Waals surface area (Å²) in [5.74, 6) is 1.75. The van der Waals surface area contributed by atoms with Gasteiger partial charge in [0.25, 0.3) is 0 Å². The summed E-state index contributed by atoms with van der Waals surface area (Å²) in [6, 6.07) is 5.23. The molecule has 0 saturated heterocycles. The molecule has 116 valence electrons. The number of likely N-dealkylation sites (N-methyl/N-ethyl adjacent to an activating group) is 1. The average molecular weight is 293 g/mol. The van der Waals surface area contributed by atoms with Crippen LogP contribution in [0.5, 0.6) is 17.2 Å². The van der Waals surface area contributed by atoms with Gasteiger partial charge < -0.3 is 19.1 Å². The van der Waals surface area contributed by atoms with Crippen molar-refractivity contribution >= 4 is 0 Å². The first-order valence-corrected chi connectivity index (χ1v) is 6.65. The molecule has 0 aliphatic heterocycles. The van der Waals surface area contributed by atoms with Gasteiger partial charge in [0, 0.05) is 25.2 Å². The predicted octanol–water partition coefficient (Wildman–Crippen LogP) is 1.43. The minimum atomic E-state index is -0.513. The Bertz CT molecular complexity index is 472. The second-order valence-corrected chi connectivity index (χ2v) is 4.77. The summed E-state index contributed by atoms with van der Waals surface area (Å²) < 4.78 is 16.0. The van der Waals surface area contributed by atoms with Crippen LogP contribution in [0.25, 0.3) is 0 Å². The van der Waals surface area contributed by atoms with E-state index in [0.29, 0.717) is 29.4 Å². The number of methoxy groups -OCH3 is 3. The molecule has 0 radical (unpaired) electrons. The van der Waals surface area contributed by atoms with Crippen LogP contribution in [0.4, 0.5) is 0 Å². The largest absolute Gasteiger partial charge is 0.496 e. The highest BCUT2D eigenvalue weighted by atomic mass is 16.5. The first kappa shape index (κ1) is 17.1. The Morgan fingerprint density at radius 2 is 1.71 bits per heavy atom. The lowest BCUT2D eigenvalue weighted by Gasteiger charge is -2.20. The van der Waals surface area contributed by atoms with Crippen molar-refractivity contribution in [1.29, 1.82) is 5.26 Å². The molecule has 0 spiro atoms. The van der Waals surface area contributed by atoms with Gasteiger partial charge in [-0.2, -0.15) is 5.26 Å². The number of nitrogens with one attached hydrogen (secondary N) is 1. The zero-order valence-corrected chi connectivity index (χ0v) is 13.3. The van der Waals surface area contributed by atoms with E-state index in [2.05, 4.69) is 11.4 Å². The van der Waals surface area contributed by atoms with Crippen LogP contribution in [0.2, 0.25) is 0 Å². The van der Waals surface area contributed by atoms with E-state index in [1.165, 1.54) is 0 Å². The zero-order valence-electron chi connectivity index (χ0n) is 13.3. The number of hydrogen-bond acceptors (Lipinski definition) is 6. The van der Waals surface area contributed by atoms with Gasteiger partial charge in [-0.25, -0.2) is 0 Å². The van der Waals surface area contributed by atoms with Gasteiger partial charge in [0.15, 0.2) is 0 Å². The highest BCUT2D eigenvalue weighted by Crippen LogP contribution is 2.38. The lowest BCUT2D eigenvalue weighted by atomic mass is 10.0. The van der Waals surface area contributed by atoms with Gasteiger partial charge in [-0.3, -0.25) is 5.32 Å². The van der Waals surface area contributed by atoms with Crippen LogP contribution in [0.15, 0.2) is 12.1 Å². The molecule has 0 aliphatic rings. The maximum Gasteiger partial charge on any atom is 0.132 e. The third kappa shape index (κ3) is 4.52. The minimum absolute atomic E-state index is 0.513. The molecule has 21 heavy (non-hydrogen) atoms. The molecule has 1 N–H and O–H groups in total. The van der Waals surface area contributed by atoms with Crippen molar-refractivity contribution < 1.29 is 14.2 Å². The number of nitrogens with zero attached hydrogens (tertiary/aromatic N) is 2. The highest BCUT2D eigenvalue weighted by molar-refractivity contribution is 5.53. The van der Waals surface area contributed by atoms with E-state index in [4.69, 9.17) is 14.2 Å². The Balaban J connectivity index is 3.09. The van der Waals surface area contributed by atoms with Gasteiger partial charge in [-0.1, -0.05) is 0 Å². The lowest BCUT2D eigenvalue weighted by Crippen LogP contribution is -2.29. The third-order valence-electron chi connectivity index (χ3n) is 3.08. The van der Waals surface area contributed by atoms with E-state index < -0.39 is 6.04 Å². The second-order valence-electron chi connectivity index (χ2n) is 4.77. The standard InChI is InChI=1S/C15H23N3O3/c1-18(2)7-6-17-12(10-16)15-13(20-4)8-11(19-3)9-14(15)21-5/h8-9,12,17H,6-7H2,1-5H3. The molecule has 1 aromatic carbocycles. The molecule has 6 nitrogen and oxygen atoms in total. The van der Waals surface area contributed by atoms with Gasteiger partial charge in [-0.15, -0.1) is 0 Å². The van der Waals surface area contributed by atoms with Crippen molar-refractivity contribution in [3.63, 3.8) is 0 Å². The smallest absolute Gasteiger partial charge is 0.132 e. The molecule has 0 heterocycles. The Kier molecular flexibility index (Phi) is 6.79. The van der Waals surface area contributed by atoms with E-state index in [1.807, 2.05) is 19.0 Å². The summed E-state index contributed by atoms with van der Waals surface area (Å²) in [4.78, 5) is 2.05. The van der Waals surface area contributed by atoms with E-state index in [-0.39, 0.29) is 0 Å². The van der Waals surface area contributed by atoms with Crippen molar-refractivity contribution in [2.24, 2.45) is 0 Å². The first-order valence-electron chi connectivity index (χ1n) is 6.65. The van der Waals surface area contributed by atoms with Crippen LogP contribution in [-0.4, -0.2) is 53.4 Å². The molecule has 1 rings (SSSR count). The topological polar surface area (TPSA) is 66.8 Å². The normalized spacial score (nSPS) is 11.9. The Hall–Kier alpha value is -1.97. The average Bonchev–Trinajstić information content (AvgIpc) is 2.50. The van der Waals surface area contributed by atoms with Crippen molar-refractivity contribution in [3.05, 3.63) is 17.7 Å². The fraction of sp³-hybridized carbons (Fsp3) is 0.533. The van der Waals surface area contributed by atoms with Gasteiger partial charge in [0.1, 0.15) is 23.3 Å². The predicted molar refractivity (Wildman–Crippen MR) is 81.0 cm³/mol. The van der Waals surface area contributed by atoms with E-state index in [0.717, 1.165) is 6.54 Å². The second kappa shape index (κ2) is 8.35. The molecule has 0 aromatic heterocycles. The molecule has 0 aliphatic carbocycles. The minimum Gasteiger partial charge on any atom is -0.496 e. The van der Waals surface area contributed by atoms with Crippen LogP contribution in [0.3, 0.4) is 0 Å². The summed E-state index contributed by atoms with van der Waals surface area (Å²) in [6.45, 7) is 1.52. The zero-order chi connectivity index (χ0) is 15.8. The van der Waals surface area contributed by atoms with Crippen LogP contribution in [0, 0.1) is 11.3 Å². The Labute approximate surface area is 126 Å². The summed E-state index contributed by atoms with van der Waals surface area (Å²) >= 11 is 0. The number of ether oxygens (including phenoxy) is 3. The maximum absolute atomic E-state index is 9.44. The number of rotatable bonds is 8. The molecular formula is C15H23N3O3. The molecule has 1 aromatic rings. The molecule has 0 amide bonds. The molecule has 0 fully saturated rings. The fourth-order valence-electron chi connectivity index (χ4n) is 1.96. The van der Waals surface area contributed by atoms with Gasteiger partial charge >= 0.3 is 0 Å². The van der Waals surface area contributed by atoms with E-state index >= 15 is 0 Å². The molecule has 0 saturated carbocycles. The first-order chi connectivity index (χ1) is 10.1. The van der Waals surface area contributed by atoms with Gasteiger partial charge in [0.05, 0.1) is 33.0 Å². The Morgan fingerprint density at radius 3 is 2.10 bits per heavy atom. The Morgan fingerprint density at radius 1 is 1.14 bits per heavy atom. The van der Waals surface area contributed by atoms with E-state index in [1.54, 1.807) is 33.5 Å². The molecule has 1 atom stereocenters. The van der Waals surface area contributed by atoms with Crippen LogP contribution >= 0.6 is 0 Å². The molecule has 6 heteroatoms. The fourth-order valence-corrected chi connectivity index (χ4v) is 1.96. The molecule has 0 bridgehead atoms. The van der Waals surface area contributed by atoms with Crippen molar-refractivity contribution in [2.75, 3.05) is 48.5 Å². The van der Waals surface area contributed by atoms with Crippen molar-refractivity contribution in [1.82, 2.24) is 10.2 Å². The number of benzene rings is 1. The third-order valence-corrected chi connectivity index (χ3v) is 3.08. The van der Waals surface area contributed by atoms with Crippen LogP contribution in [0.1, 0.15) is 11.6 Å². The summed E-state index contributed by atoms with van der Waals surface area (Å²) in [5.41, 5.74) is 0.682. The summed E-state index contributed by atoms with van der Waals surface area (Å²) in [7, 11) is 8.66. The quantitative estimate of drug-likeness (QED) is 0.782. The summed E-state index contributed by atoms with van der Waals surface area (Å²) in [6.07, 6.45) is 0. The SMILES string of the molecule is COc1cc(OC)c(C(C#N)NCCN(C)C)c(OC)c1. The monoisotopic (exact) mass is 293 g/mol. The number of nitriles is 1. The van der Waals surface area contributed by atoms with Crippen LogP contribution in [-0.2, 0) is 0 Å². The van der Waals surface area contributed by atoms with Gasteiger partial charge in [-0.05, 0) is 14.1 Å². The van der Waals surface area contributed by atoms with Gasteiger partial charge in [0.2, 0.25) is 0 Å². The van der Waals surface area contributed by atoms with E-state index in [9.17, 15) is 5.26 Å². The maximum atomic E-state index is 9.44. The number of hydrogen-bond donors (Lipinski definition) is 1. The molecule has 1 unspecified atom stereocenters. The highest BCUT2D eigenvalue weighted by Gasteiger charge is 2.22. The lowest BCUT2D eigenvalue weighted by molar-refractivity contribution is 0.358.